The highest BCUT2D eigenvalue weighted by Gasteiger charge is 2.16. The minimum Gasteiger partial charge on any atom is -0.462 e. The number of carbonyl (C=O) groups is 2. The van der Waals surface area contributed by atoms with E-state index in [0.717, 1.165) is 103 Å². The molecule has 436 valence electrons. The Labute approximate surface area is 471 Å². The fourth-order valence-electron chi connectivity index (χ4n) is 9.22. The molecule has 0 heterocycles. The Bertz CT molecular complexity index is 1470. The number of allylic oxidation sites excluding steroid dienone is 18. The van der Waals surface area contributed by atoms with E-state index >= 15 is 0 Å². The molecule has 0 spiro atoms. The summed E-state index contributed by atoms with van der Waals surface area (Å²) in [6, 6.07) is 0. The monoisotopic (exact) mass is 1050 g/mol. The van der Waals surface area contributed by atoms with Gasteiger partial charge in [0.1, 0.15) is 6.61 Å². The van der Waals surface area contributed by atoms with Crippen molar-refractivity contribution in [1.82, 2.24) is 0 Å². The summed E-state index contributed by atoms with van der Waals surface area (Å²) in [4.78, 5) is 24.6. The first kappa shape index (κ1) is 72.6. The fourth-order valence-corrected chi connectivity index (χ4v) is 9.22. The topological polar surface area (TPSA) is 72.8 Å². The normalized spacial score (nSPS) is 12.9. The molecule has 1 atom stereocenters. The van der Waals surface area contributed by atoms with E-state index in [1.165, 1.54) is 180 Å². The first-order chi connectivity index (χ1) is 37.6. The van der Waals surface area contributed by atoms with Crippen LogP contribution in [0.25, 0.3) is 0 Å². The third-order valence-electron chi connectivity index (χ3n) is 14.1. The maximum absolute atomic E-state index is 12.3. The van der Waals surface area contributed by atoms with Crippen LogP contribution in [0.5, 0.6) is 0 Å². The lowest BCUT2D eigenvalue weighted by Crippen LogP contribution is -2.28. The molecule has 0 aromatic rings. The van der Waals surface area contributed by atoms with Crippen molar-refractivity contribution in [2.24, 2.45) is 0 Å². The van der Waals surface area contributed by atoms with Gasteiger partial charge in [-0.3, -0.25) is 9.59 Å². The zero-order valence-corrected chi connectivity index (χ0v) is 50.0. The number of rotatable bonds is 59. The Morgan fingerprint density at radius 2 is 0.566 bits per heavy atom. The molecule has 0 amide bonds. The van der Waals surface area contributed by atoms with E-state index in [-0.39, 0.29) is 25.2 Å². The second-order valence-electron chi connectivity index (χ2n) is 21.5. The van der Waals surface area contributed by atoms with Gasteiger partial charge < -0.3 is 14.6 Å². The van der Waals surface area contributed by atoms with E-state index in [0.29, 0.717) is 12.8 Å². The van der Waals surface area contributed by atoms with Gasteiger partial charge >= 0.3 is 11.9 Å². The van der Waals surface area contributed by atoms with Crippen LogP contribution in [0.15, 0.2) is 109 Å². The Morgan fingerprint density at radius 3 is 0.868 bits per heavy atom. The van der Waals surface area contributed by atoms with E-state index in [1.54, 1.807) is 0 Å². The van der Waals surface area contributed by atoms with Crippen LogP contribution in [0.2, 0.25) is 0 Å². The smallest absolute Gasteiger partial charge is 0.306 e. The molecule has 0 aliphatic heterocycles. The zero-order chi connectivity index (χ0) is 54.8. The van der Waals surface area contributed by atoms with Gasteiger partial charge in [0.05, 0.1) is 6.61 Å². The lowest BCUT2D eigenvalue weighted by molar-refractivity contribution is -0.161. The molecule has 0 aliphatic carbocycles. The van der Waals surface area contributed by atoms with E-state index in [1.807, 2.05) is 0 Å². The van der Waals surface area contributed by atoms with Crippen LogP contribution in [-0.2, 0) is 19.1 Å². The number of esters is 2. The maximum Gasteiger partial charge on any atom is 0.306 e. The van der Waals surface area contributed by atoms with Crippen LogP contribution in [0.3, 0.4) is 0 Å². The molecule has 1 N–H and O–H groups in total. The van der Waals surface area contributed by atoms with Crippen molar-refractivity contribution in [3.8, 4) is 0 Å². The van der Waals surface area contributed by atoms with Crippen molar-refractivity contribution in [3.63, 3.8) is 0 Å². The summed E-state index contributed by atoms with van der Waals surface area (Å²) in [6.07, 6.45) is 95.3. The summed E-state index contributed by atoms with van der Waals surface area (Å²) in [6.45, 7) is 4.03. The average molecular weight is 1060 g/mol. The fraction of sp³-hybridized carbons (Fsp3) is 0.718. The predicted molar refractivity (Wildman–Crippen MR) is 334 cm³/mol. The van der Waals surface area contributed by atoms with Crippen molar-refractivity contribution in [2.75, 3.05) is 13.2 Å². The molecule has 76 heavy (non-hydrogen) atoms. The van der Waals surface area contributed by atoms with Gasteiger partial charge in [0.15, 0.2) is 6.10 Å². The minimum absolute atomic E-state index is 0.0799. The summed E-state index contributed by atoms with van der Waals surface area (Å²) in [5.41, 5.74) is 0. The van der Waals surface area contributed by atoms with Gasteiger partial charge in [-0.05, 0) is 103 Å². The van der Waals surface area contributed by atoms with E-state index in [9.17, 15) is 14.7 Å². The number of aliphatic hydroxyl groups excluding tert-OH is 1. The summed E-state index contributed by atoms with van der Waals surface area (Å²) < 4.78 is 10.7. The lowest BCUT2D eigenvalue weighted by Gasteiger charge is -2.15. The SMILES string of the molecule is CC/C=C\C/C=C\C/C=C\C/C=C\C/C=C\C/C=C\C/C=C\C/C=C\CCCCCCC(=O)OC(CO)COC(=O)CCCCCCCCCCCCCCCCCCCCCCC/C=C\CCCCCCCCCC. The van der Waals surface area contributed by atoms with Gasteiger partial charge in [-0.25, -0.2) is 0 Å². The number of unbranched alkanes of at least 4 members (excludes halogenated alkanes) is 33. The van der Waals surface area contributed by atoms with Crippen LogP contribution >= 0.6 is 0 Å². The van der Waals surface area contributed by atoms with E-state index in [4.69, 9.17) is 9.47 Å². The van der Waals surface area contributed by atoms with Crippen LogP contribution in [0, 0.1) is 0 Å². The second-order valence-corrected chi connectivity index (χ2v) is 21.5. The summed E-state index contributed by atoms with van der Waals surface area (Å²) in [5.74, 6) is -0.615. The van der Waals surface area contributed by atoms with Crippen LogP contribution < -0.4 is 0 Å². The molecule has 0 radical (unpaired) electrons. The minimum atomic E-state index is -0.793. The molecule has 0 saturated heterocycles. The number of aliphatic hydroxyl groups is 1. The highest BCUT2D eigenvalue weighted by atomic mass is 16.6. The molecule has 1 unspecified atom stereocenters. The summed E-state index contributed by atoms with van der Waals surface area (Å²) >= 11 is 0. The second kappa shape index (κ2) is 65.8. The number of carbonyl (C=O) groups excluding carboxylic acids is 2. The highest BCUT2D eigenvalue weighted by molar-refractivity contribution is 5.70. The van der Waals surface area contributed by atoms with E-state index in [2.05, 4.69) is 123 Å². The molecular formula is C71H122O5. The standard InChI is InChI=1S/C71H122O5/c1-3-5-7-9-11-13-15-17-19-21-23-25-27-29-31-33-34-35-36-38-39-41-43-45-47-49-51-53-55-57-59-61-63-65-70(73)75-68-69(67-72)76-71(74)66-64-62-60-58-56-54-52-50-48-46-44-42-40-37-32-30-28-26-24-22-20-18-16-14-12-10-8-6-4-2/h6,8,12,14,18,20-21,23-24,26,30,32,40,42,46,48,52,54,69,72H,3-5,7,9-11,13,15-17,19,22,25,27-29,31,33-39,41,43-45,47,49-51,53,55-68H2,1-2H3/b8-6-,14-12-,20-18-,23-21-,26-24-,32-30-,42-40-,48-46-,54-52-. The lowest BCUT2D eigenvalue weighted by atomic mass is 10.0. The van der Waals surface area contributed by atoms with Crippen LogP contribution in [-0.4, -0.2) is 36.4 Å². The number of ether oxygens (including phenoxy) is 2. The van der Waals surface area contributed by atoms with Gasteiger partial charge in [0.2, 0.25) is 0 Å². The molecule has 5 nitrogen and oxygen atoms in total. The van der Waals surface area contributed by atoms with Crippen molar-refractivity contribution >= 4 is 11.9 Å². The quantitative estimate of drug-likeness (QED) is 0.0373. The van der Waals surface area contributed by atoms with Gasteiger partial charge in [-0.15, -0.1) is 0 Å². The Hall–Kier alpha value is -3.44. The first-order valence-electron chi connectivity index (χ1n) is 32.4. The number of hydrogen-bond acceptors (Lipinski definition) is 5. The third-order valence-corrected chi connectivity index (χ3v) is 14.1. The van der Waals surface area contributed by atoms with Crippen molar-refractivity contribution < 1.29 is 24.2 Å². The van der Waals surface area contributed by atoms with Gasteiger partial charge in [0, 0.05) is 12.8 Å². The zero-order valence-electron chi connectivity index (χ0n) is 50.0. The third kappa shape index (κ3) is 63.1. The summed E-state index contributed by atoms with van der Waals surface area (Å²) in [5, 5.41) is 9.68. The largest absolute Gasteiger partial charge is 0.462 e. The van der Waals surface area contributed by atoms with Gasteiger partial charge in [-0.1, -0.05) is 303 Å². The van der Waals surface area contributed by atoms with Gasteiger partial charge in [-0.2, -0.15) is 0 Å². The van der Waals surface area contributed by atoms with Crippen LogP contribution in [0.1, 0.15) is 309 Å². The first-order valence-corrected chi connectivity index (χ1v) is 32.4. The molecule has 0 aliphatic rings. The molecule has 0 aromatic carbocycles. The van der Waals surface area contributed by atoms with E-state index < -0.39 is 6.10 Å². The van der Waals surface area contributed by atoms with Crippen molar-refractivity contribution in [2.45, 2.75) is 315 Å². The molecule has 5 heteroatoms. The Morgan fingerprint density at radius 1 is 0.316 bits per heavy atom. The Balaban J connectivity index is 3.52. The molecule has 0 aromatic heterocycles. The maximum atomic E-state index is 12.3. The molecule has 0 saturated carbocycles. The highest BCUT2D eigenvalue weighted by Crippen LogP contribution is 2.17. The van der Waals surface area contributed by atoms with Gasteiger partial charge in [0.25, 0.3) is 0 Å². The number of hydrogen-bond donors (Lipinski definition) is 1. The molecule has 0 fully saturated rings. The van der Waals surface area contributed by atoms with Crippen molar-refractivity contribution in [1.29, 1.82) is 0 Å². The molecule has 0 bridgehead atoms. The van der Waals surface area contributed by atoms with Crippen molar-refractivity contribution in [3.05, 3.63) is 109 Å². The average Bonchev–Trinajstić information content (AvgIpc) is 3.42. The summed E-state index contributed by atoms with van der Waals surface area (Å²) in [7, 11) is 0. The molecular weight excluding hydrogens is 933 g/mol. The predicted octanol–water partition coefficient (Wildman–Crippen LogP) is 22.4. The Kier molecular flexibility index (Phi) is 62.9. The molecule has 0 rings (SSSR count). The van der Waals surface area contributed by atoms with Crippen LogP contribution in [0.4, 0.5) is 0 Å².